The molecule has 0 saturated heterocycles. The van der Waals surface area contributed by atoms with Gasteiger partial charge in [0.1, 0.15) is 23.8 Å². The highest BCUT2D eigenvalue weighted by molar-refractivity contribution is 7.90. The van der Waals surface area contributed by atoms with Crippen molar-refractivity contribution in [3.05, 3.63) is 42.5 Å². The summed E-state index contributed by atoms with van der Waals surface area (Å²) in [4.78, 5) is 7.76. The monoisotopic (exact) mass is 373 g/mol. The number of nitriles is 1. The van der Waals surface area contributed by atoms with Crippen molar-refractivity contribution in [3.8, 4) is 34.3 Å². The third-order valence-corrected chi connectivity index (χ3v) is 4.25. The van der Waals surface area contributed by atoms with Gasteiger partial charge in [0.2, 0.25) is 15.0 Å². The Morgan fingerprint density at radius 3 is 2.77 bits per heavy atom. The predicted molar refractivity (Wildman–Crippen MR) is 89.0 cm³/mol. The Balaban J connectivity index is 2.23. The smallest absolute Gasteiger partial charge is 0.247 e. The average Bonchev–Trinajstić information content (AvgIpc) is 2.98. The first-order valence-electron chi connectivity index (χ1n) is 7.26. The number of aromatic hydroxyl groups is 1. The van der Waals surface area contributed by atoms with E-state index in [0.717, 1.165) is 12.3 Å². The summed E-state index contributed by atoms with van der Waals surface area (Å²) in [6, 6.07) is 6.84. The standard InChI is InChI=1S/C16H12FN5O3S/c1-26(24,25)16-19-4-2-14(20-16)13-9-22(5-3-18)21-15(13)10-6-11(17)8-12(23)7-10/h2,4,6-9,23H,5H2,1H3. The van der Waals surface area contributed by atoms with Gasteiger partial charge in [-0.1, -0.05) is 0 Å². The Labute approximate surface area is 148 Å². The Bertz CT molecular complexity index is 1110. The molecule has 0 spiro atoms. The van der Waals surface area contributed by atoms with Gasteiger partial charge in [0.05, 0.1) is 11.8 Å². The molecular formula is C16H12FN5O3S. The molecule has 2 aromatic heterocycles. The second kappa shape index (κ2) is 6.53. The Morgan fingerprint density at radius 1 is 1.35 bits per heavy atom. The number of hydrogen-bond acceptors (Lipinski definition) is 7. The van der Waals surface area contributed by atoms with Crippen molar-refractivity contribution in [2.75, 3.05) is 6.26 Å². The van der Waals surface area contributed by atoms with Crippen LogP contribution in [-0.4, -0.2) is 39.5 Å². The van der Waals surface area contributed by atoms with Crippen LogP contribution in [0.3, 0.4) is 0 Å². The van der Waals surface area contributed by atoms with E-state index in [9.17, 15) is 17.9 Å². The molecule has 2 heterocycles. The van der Waals surface area contributed by atoms with Crippen molar-refractivity contribution in [1.82, 2.24) is 19.7 Å². The van der Waals surface area contributed by atoms with Crippen molar-refractivity contribution < 1.29 is 17.9 Å². The van der Waals surface area contributed by atoms with Crippen LogP contribution in [-0.2, 0) is 16.4 Å². The van der Waals surface area contributed by atoms with Crippen LogP contribution in [0.1, 0.15) is 0 Å². The summed E-state index contributed by atoms with van der Waals surface area (Å²) in [7, 11) is -3.63. The molecule has 0 fully saturated rings. The second-order valence-corrected chi connectivity index (χ2v) is 7.35. The van der Waals surface area contributed by atoms with Gasteiger partial charge in [-0.3, -0.25) is 4.68 Å². The lowest BCUT2D eigenvalue weighted by molar-refractivity contribution is 0.469. The minimum absolute atomic E-state index is 0.0711. The molecule has 0 aliphatic rings. The van der Waals surface area contributed by atoms with Crippen molar-refractivity contribution >= 4 is 9.84 Å². The normalized spacial score (nSPS) is 11.3. The van der Waals surface area contributed by atoms with Crippen LogP contribution in [0.5, 0.6) is 5.75 Å². The van der Waals surface area contributed by atoms with E-state index in [-0.39, 0.29) is 34.4 Å². The van der Waals surface area contributed by atoms with E-state index in [1.165, 1.54) is 35.3 Å². The van der Waals surface area contributed by atoms with Crippen molar-refractivity contribution in [2.24, 2.45) is 0 Å². The lowest BCUT2D eigenvalue weighted by atomic mass is 10.1. The number of sulfone groups is 1. The number of halogens is 1. The van der Waals surface area contributed by atoms with Gasteiger partial charge in [0.25, 0.3) is 0 Å². The molecule has 0 saturated carbocycles. The van der Waals surface area contributed by atoms with Gasteiger partial charge in [-0.2, -0.15) is 10.4 Å². The molecule has 0 amide bonds. The molecule has 132 valence electrons. The zero-order valence-corrected chi connectivity index (χ0v) is 14.3. The topological polar surface area (TPSA) is 122 Å². The first-order chi connectivity index (χ1) is 12.3. The summed E-state index contributed by atoms with van der Waals surface area (Å²) in [6.07, 6.45) is 3.76. The van der Waals surface area contributed by atoms with E-state index in [0.29, 0.717) is 5.56 Å². The Morgan fingerprint density at radius 2 is 2.12 bits per heavy atom. The molecule has 0 unspecified atom stereocenters. The highest BCUT2D eigenvalue weighted by Gasteiger charge is 2.18. The maximum absolute atomic E-state index is 13.7. The minimum atomic E-state index is -3.63. The number of rotatable bonds is 4. The van der Waals surface area contributed by atoms with Crippen LogP contribution in [0, 0.1) is 17.1 Å². The van der Waals surface area contributed by atoms with Gasteiger partial charge in [-0.25, -0.2) is 22.8 Å². The number of benzene rings is 1. The van der Waals surface area contributed by atoms with Gasteiger partial charge in [0.15, 0.2) is 0 Å². The second-order valence-electron chi connectivity index (χ2n) is 5.44. The van der Waals surface area contributed by atoms with Crippen LogP contribution in [0.2, 0.25) is 0 Å². The summed E-state index contributed by atoms with van der Waals surface area (Å²) >= 11 is 0. The molecule has 0 radical (unpaired) electrons. The first-order valence-corrected chi connectivity index (χ1v) is 9.15. The van der Waals surface area contributed by atoms with Gasteiger partial charge in [-0.15, -0.1) is 0 Å². The fraction of sp³-hybridized carbons (Fsp3) is 0.125. The fourth-order valence-electron chi connectivity index (χ4n) is 2.36. The molecule has 3 rings (SSSR count). The largest absolute Gasteiger partial charge is 0.508 e. The lowest BCUT2D eigenvalue weighted by Gasteiger charge is -2.04. The number of aromatic nitrogens is 4. The molecule has 0 aliphatic carbocycles. The van der Waals surface area contributed by atoms with Gasteiger partial charge < -0.3 is 5.11 Å². The molecule has 8 nitrogen and oxygen atoms in total. The van der Waals surface area contributed by atoms with Crippen molar-refractivity contribution in [1.29, 1.82) is 5.26 Å². The molecule has 26 heavy (non-hydrogen) atoms. The fourth-order valence-corrected chi connectivity index (χ4v) is 2.87. The van der Waals surface area contributed by atoms with Gasteiger partial charge in [0, 0.05) is 35.8 Å². The van der Waals surface area contributed by atoms with E-state index in [1.54, 1.807) is 0 Å². The maximum atomic E-state index is 13.7. The first kappa shape index (κ1) is 17.5. The van der Waals surface area contributed by atoms with E-state index < -0.39 is 15.7 Å². The summed E-state index contributed by atoms with van der Waals surface area (Å²) in [6.45, 7) is -0.0711. The number of phenolic OH excluding ortho intramolecular Hbond substituents is 1. The van der Waals surface area contributed by atoms with E-state index >= 15 is 0 Å². The summed E-state index contributed by atoms with van der Waals surface area (Å²) in [5.74, 6) is -0.958. The Hall–Kier alpha value is -3.32. The molecule has 0 aliphatic heterocycles. The van der Waals surface area contributed by atoms with E-state index in [1.807, 2.05) is 6.07 Å². The SMILES string of the molecule is CS(=O)(=O)c1nccc(-c2cn(CC#N)nc2-c2cc(O)cc(F)c2)n1. The molecule has 1 N–H and O–H groups in total. The quantitative estimate of drug-likeness (QED) is 0.692. The average molecular weight is 373 g/mol. The molecule has 0 bridgehead atoms. The molecule has 3 aromatic rings. The van der Waals surface area contributed by atoms with E-state index in [2.05, 4.69) is 15.1 Å². The minimum Gasteiger partial charge on any atom is -0.508 e. The lowest BCUT2D eigenvalue weighted by Crippen LogP contribution is -2.04. The Kier molecular flexibility index (Phi) is 4.40. The predicted octanol–water partition coefficient (Wildman–Crippen LogP) is 1.78. The summed E-state index contributed by atoms with van der Waals surface area (Å²) < 4.78 is 38.4. The molecular weight excluding hydrogens is 361 g/mol. The third kappa shape index (κ3) is 3.52. The molecule has 1 aromatic carbocycles. The highest BCUT2D eigenvalue weighted by Crippen LogP contribution is 2.32. The molecule has 0 atom stereocenters. The number of hydrogen-bond donors (Lipinski definition) is 1. The van der Waals surface area contributed by atoms with Crippen LogP contribution < -0.4 is 0 Å². The summed E-state index contributed by atoms with van der Waals surface area (Å²) in [5, 5.41) is 22.4. The zero-order valence-electron chi connectivity index (χ0n) is 13.5. The van der Waals surface area contributed by atoms with Crippen LogP contribution in [0.25, 0.3) is 22.5 Å². The third-order valence-electron chi connectivity index (χ3n) is 3.39. The molecule has 10 heteroatoms. The van der Waals surface area contributed by atoms with Gasteiger partial charge in [-0.05, 0) is 18.2 Å². The van der Waals surface area contributed by atoms with Crippen LogP contribution in [0.4, 0.5) is 4.39 Å². The number of nitrogens with zero attached hydrogens (tertiary/aromatic N) is 5. The summed E-state index contributed by atoms with van der Waals surface area (Å²) in [5.41, 5.74) is 1.11. The van der Waals surface area contributed by atoms with Crippen molar-refractivity contribution in [3.63, 3.8) is 0 Å². The number of phenols is 1. The van der Waals surface area contributed by atoms with Crippen LogP contribution in [0.15, 0.2) is 41.8 Å². The zero-order chi connectivity index (χ0) is 18.9. The van der Waals surface area contributed by atoms with Crippen LogP contribution >= 0.6 is 0 Å². The van der Waals surface area contributed by atoms with Gasteiger partial charge >= 0.3 is 0 Å². The van der Waals surface area contributed by atoms with Crippen molar-refractivity contribution in [2.45, 2.75) is 11.7 Å². The van der Waals surface area contributed by atoms with E-state index in [4.69, 9.17) is 5.26 Å². The maximum Gasteiger partial charge on any atom is 0.247 e. The highest BCUT2D eigenvalue weighted by atomic mass is 32.2.